The van der Waals surface area contributed by atoms with Crippen molar-refractivity contribution in [3.63, 3.8) is 0 Å². The molecule has 1 aliphatic rings. The van der Waals surface area contributed by atoms with E-state index in [-0.39, 0.29) is 16.9 Å². The lowest BCUT2D eigenvalue weighted by molar-refractivity contribution is -0.139. The van der Waals surface area contributed by atoms with Crippen LogP contribution in [0.2, 0.25) is 0 Å². The van der Waals surface area contributed by atoms with Gasteiger partial charge in [0.15, 0.2) is 6.61 Å². The van der Waals surface area contributed by atoms with Crippen LogP contribution in [0.5, 0.6) is 5.75 Å². The van der Waals surface area contributed by atoms with Crippen molar-refractivity contribution in [2.24, 2.45) is 0 Å². The van der Waals surface area contributed by atoms with Gasteiger partial charge in [0.2, 0.25) is 5.91 Å². The minimum atomic E-state index is -1.11. The molecule has 0 radical (unpaired) electrons. The number of hydrogen-bond donors (Lipinski definition) is 3. The summed E-state index contributed by atoms with van der Waals surface area (Å²) in [5.41, 5.74) is 0.366. The number of hydrogen-bond acceptors (Lipinski definition) is 5. The SMILES string of the molecule is O=C(O)COc1ccccc1NC(=O)C1CSC(=O)N1. The van der Waals surface area contributed by atoms with Crippen LogP contribution in [0.3, 0.4) is 0 Å². The lowest BCUT2D eigenvalue weighted by Crippen LogP contribution is -2.38. The molecule has 1 aromatic carbocycles. The summed E-state index contributed by atoms with van der Waals surface area (Å²) in [5, 5.41) is 13.5. The summed E-state index contributed by atoms with van der Waals surface area (Å²) in [7, 11) is 0. The molecule has 1 aliphatic heterocycles. The Labute approximate surface area is 118 Å². The molecule has 20 heavy (non-hydrogen) atoms. The standard InChI is InChI=1S/C12H12N2O5S/c15-10(16)5-19-9-4-2-1-3-7(9)13-11(17)8-6-20-12(18)14-8/h1-4,8H,5-6H2,(H,13,17)(H,14,18)(H,15,16). The highest BCUT2D eigenvalue weighted by Gasteiger charge is 2.28. The highest BCUT2D eigenvalue weighted by molar-refractivity contribution is 8.14. The van der Waals surface area contributed by atoms with Gasteiger partial charge >= 0.3 is 5.97 Å². The number of anilines is 1. The number of nitrogens with one attached hydrogen (secondary N) is 2. The van der Waals surface area contributed by atoms with E-state index < -0.39 is 18.6 Å². The molecule has 1 aromatic rings. The highest BCUT2D eigenvalue weighted by Crippen LogP contribution is 2.24. The van der Waals surface area contributed by atoms with E-state index in [0.29, 0.717) is 11.4 Å². The molecule has 0 aromatic heterocycles. The Bertz CT molecular complexity index is 548. The number of benzene rings is 1. The zero-order chi connectivity index (χ0) is 14.5. The van der Waals surface area contributed by atoms with Gasteiger partial charge < -0.3 is 20.5 Å². The van der Waals surface area contributed by atoms with Gasteiger partial charge in [-0.15, -0.1) is 0 Å². The Morgan fingerprint density at radius 2 is 2.20 bits per heavy atom. The van der Waals surface area contributed by atoms with Gasteiger partial charge in [-0.2, -0.15) is 0 Å². The summed E-state index contributed by atoms with van der Waals surface area (Å²) in [6, 6.07) is 5.91. The molecule has 1 saturated heterocycles. The van der Waals surface area contributed by atoms with Crippen molar-refractivity contribution >= 4 is 34.6 Å². The predicted octanol–water partition coefficient (Wildman–Crippen LogP) is 0.913. The van der Waals surface area contributed by atoms with Crippen LogP contribution in [-0.2, 0) is 9.59 Å². The van der Waals surface area contributed by atoms with Gasteiger partial charge in [0.25, 0.3) is 5.24 Å². The maximum Gasteiger partial charge on any atom is 0.341 e. The van der Waals surface area contributed by atoms with Crippen LogP contribution in [0.25, 0.3) is 0 Å². The lowest BCUT2D eigenvalue weighted by atomic mass is 10.2. The molecule has 0 spiro atoms. The number of carboxylic acid groups (broad SMARTS) is 1. The van der Waals surface area contributed by atoms with Gasteiger partial charge in [0.05, 0.1) is 5.69 Å². The smallest absolute Gasteiger partial charge is 0.341 e. The summed E-state index contributed by atoms with van der Waals surface area (Å²) in [5.74, 6) is -0.844. The van der Waals surface area contributed by atoms with E-state index in [0.717, 1.165) is 11.8 Å². The van der Waals surface area contributed by atoms with Crippen LogP contribution in [0.1, 0.15) is 0 Å². The number of carboxylic acids is 1. The molecule has 0 aliphatic carbocycles. The second kappa shape index (κ2) is 6.29. The third-order valence-corrected chi connectivity index (χ3v) is 3.37. The molecular formula is C12H12N2O5S. The first-order valence-electron chi connectivity index (χ1n) is 5.74. The number of para-hydroxylation sites is 2. The number of aliphatic carboxylic acids is 1. The van der Waals surface area contributed by atoms with Crippen molar-refractivity contribution in [1.29, 1.82) is 0 Å². The molecule has 1 atom stereocenters. The number of thioether (sulfide) groups is 1. The van der Waals surface area contributed by atoms with E-state index in [1.807, 2.05) is 0 Å². The van der Waals surface area contributed by atoms with Gasteiger partial charge in [-0.25, -0.2) is 4.79 Å². The quantitative estimate of drug-likeness (QED) is 0.746. The number of rotatable bonds is 5. The summed E-state index contributed by atoms with van der Waals surface area (Å²) >= 11 is 1.04. The van der Waals surface area contributed by atoms with E-state index in [1.54, 1.807) is 24.3 Å². The predicted molar refractivity (Wildman–Crippen MR) is 73.0 cm³/mol. The molecule has 106 valence electrons. The van der Waals surface area contributed by atoms with Crippen LogP contribution >= 0.6 is 11.8 Å². The molecule has 1 unspecified atom stereocenters. The first-order valence-corrected chi connectivity index (χ1v) is 6.72. The maximum atomic E-state index is 11.9. The molecule has 2 rings (SSSR count). The molecule has 1 fully saturated rings. The summed E-state index contributed by atoms with van der Waals surface area (Å²) in [6.45, 7) is -0.497. The maximum absolute atomic E-state index is 11.9. The Morgan fingerprint density at radius 3 is 2.85 bits per heavy atom. The molecular weight excluding hydrogens is 284 g/mol. The zero-order valence-electron chi connectivity index (χ0n) is 10.3. The van der Waals surface area contributed by atoms with Crippen molar-refractivity contribution in [1.82, 2.24) is 5.32 Å². The fourth-order valence-corrected chi connectivity index (χ4v) is 2.36. The third-order valence-electron chi connectivity index (χ3n) is 2.49. The molecule has 1 heterocycles. The van der Waals surface area contributed by atoms with E-state index in [4.69, 9.17) is 9.84 Å². The summed E-state index contributed by atoms with van der Waals surface area (Å²) in [4.78, 5) is 33.5. The normalized spacial score (nSPS) is 17.4. The molecule has 0 saturated carbocycles. The molecule has 7 nitrogen and oxygen atoms in total. The first kappa shape index (κ1) is 14.2. The van der Waals surface area contributed by atoms with Gasteiger partial charge in [0, 0.05) is 5.75 Å². The minimum absolute atomic E-state index is 0.236. The molecule has 3 N–H and O–H groups in total. The van der Waals surface area contributed by atoms with Gasteiger partial charge in [-0.1, -0.05) is 23.9 Å². The third kappa shape index (κ3) is 3.64. The van der Waals surface area contributed by atoms with Crippen molar-refractivity contribution in [2.45, 2.75) is 6.04 Å². The number of carbonyl (C=O) groups is 3. The molecule has 2 amide bonds. The minimum Gasteiger partial charge on any atom is -0.480 e. The topological polar surface area (TPSA) is 105 Å². The van der Waals surface area contributed by atoms with Crippen LogP contribution in [0.15, 0.2) is 24.3 Å². The summed E-state index contributed by atoms with van der Waals surface area (Å²) in [6.07, 6.45) is 0. The van der Waals surface area contributed by atoms with Crippen LogP contribution in [-0.4, -0.2) is 40.6 Å². The van der Waals surface area contributed by atoms with E-state index in [9.17, 15) is 14.4 Å². The second-order valence-corrected chi connectivity index (χ2v) is 4.96. The second-order valence-electron chi connectivity index (χ2n) is 3.96. The Balaban J connectivity index is 2.03. The van der Waals surface area contributed by atoms with Crippen LogP contribution in [0, 0.1) is 0 Å². The van der Waals surface area contributed by atoms with Gasteiger partial charge in [-0.3, -0.25) is 9.59 Å². The Hall–Kier alpha value is -2.22. The van der Waals surface area contributed by atoms with E-state index in [1.165, 1.54) is 0 Å². The monoisotopic (exact) mass is 296 g/mol. The first-order chi connectivity index (χ1) is 9.56. The molecule has 8 heteroatoms. The summed E-state index contributed by atoms with van der Waals surface area (Å²) < 4.78 is 5.08. The van der Waals surface area contributed by atoms with Crippen molar-refractivity contribution in [3.8, 4) is 5.75 Å². The lowest BCUT2D eigenvalue weighted by Gasteiger charge is -2.13. The number of amides is 2. The van der Waals surface area contributed by atoms with Crippen molar-refractivity contribution in [3.05, 3.63) is 24.3 Å². The average molecular weight is 296 g/mol. The van der Waals surface area contributed by atoms with Crippen molar-refractivity contribution < 1.29 is 24.2 Å². The van der Waals surface area contributed by atoms with Crippen LogP contribution in [0.4, 0.5) is 10.5 Å². The number of ether oxygens (including phenoxy) is 1. The van der Waals surface area contributed by atoms with E-state index in [2.05, 4.69) is 10.6 Å². The zero-order valence-corrected chi connectivity index (χ0v) is 11.1. The van der Waals surface area contributed by atoms with E-state index >= 15 is 0 Å². The van der Waals surface area contributed by atoms with Crippen molar-refractivity contribution in [2.75, 3.05) is 17.7 Å². The average Bonchev–Trinajstić information content (AvgIpc) is 2.84. The molecule has 0 bridgehead atoms. The van der Waals surface area contributed by atoms with Crippen LogP contribution < -0.4 is 15.4 Å². The number of carbonyl (C=O) groups excluding carboxylic acids is 2. The Morgan fingerprint density at radius 1 is 1.45 bits per heavy atom. The van der Waals surface area contributed by atoms with Gasteiger partial charge in [-0.05, 0) is 12.1 Å². The fraction of sp³-hybridized carbons (Fsp3) is 0.250. The largest absolute Gasteiger partial charge is 0.480 e. The Kier molecular flexibility index (Phi) is 4.46. The fourth-order valence-electron chi connectivity index (χ4n) is 1.58. The van der Waals surface area contributed by atoms with Gasteiger partial charge in [0.1, 0.15) is 11.8 Å². The highest BCUT2D eigenvalue weighted by atomic mass is 32.2.